The third-order valence-electron chi connectivity index (χ3n) is 4.88. The van der Waals surface area contributed by atoms with E-state index in [0.717, 1.165) is 5.69 Å². The molecule has 0 aliphatic rings. The molecular formula is C24H27N7O6. The van der Waals surface area contributed by atoms with E-state index in [2.05, 4.69) is 37.1 Å². The lowest BCUT2D eigenvalue weighted by atomic mass is 10.2. The molecule has 0 aliphatic heterocycles. The molecule has 2 aromatic heterocycles. The molecule has 0 radical (unpaired) electrons. The average Bonchev–Trinajstić information content (AvgIpc) is 2.88. The van der Waals surface area contributed by atoms with Gasteiger partial charge in [0.1, 0.15) is 13.2 Å². The van der Waals surface area contributed by atoms with Crippen molar-refractivity contribution in [3.05, 3.63) is 64.2 Å². The summed E-state index contributed by atoms with van der Waals surface area (Å²) in [6, 6.07) is 6.77. The second-order valence-corrected chi connectivity index (χ2v) is 7.91. The first-order valence-corrected chi connectivity index (χ1v) is 11.3. The van der Waals surface area contributed by atoms with E-state index in [1.54, 1.807) is 24.3 Å². The summed E-state index contributed by atoms with van der Waals surface area (Å²) in [5, 5.41) is 5.89. The van der Waals surface area contributed by atoms with Gasteiger partial charge < -0.3 is 25.8 Å². The second-order valence-electron chi connectivity index (χ2n) is 7.91. The Kier molecular flexibility index (Phi) is 9.24. The highest BCUT2D eigenvalue weighted by Gasteiger charge is 2.09. The Morgan fingerprint density at radius 3 is 2.57 bits per heavy atom. The van der Waals surface area contributed by atoms with E-state index in [-0.39, 0.29) is 48.2 Å². The minimum atomic E-state index is -0.538. The number of nitrogens with two attached hydrogens (primary N) is 1. The number of carbonyl (C=O) groups is 3. The molecule has 13 nitrogen and oxygen atoms in total. The third-order valence-corrected chi connectivity index (χ3v) is 4.88. The Balaban J connectivity index is 1.37. The minimum absolute atomic E-state index is 0.0277. The predicted molar refractivity (Wildman–Crippen MR) is 134 cm³/mol. The second kappa shape index (κ2) is 12.8. The largest absolute Gasteiger partial charge is 0.462 e. The number of ether oxygens (including phenoxy) is 2. The maximum absolute atomic E-state index is 12.3. The predicted octanol–water partition coefficient (Wildman–Crippen LogP) is 1.08. The molecule has 0 saturated heterocycles. The van der Waals surface area contributed by atoms with Crippen LogP contribution in [-0.4, -0.2) is 57.5 Å². The number of nitrogens with one attached hydrogen (secondary N) is 3. The van der Waals surface area contributed by atoms with Crippen molar-refractivity contribution in [1.29, 1.82) is 0 Å². The lowest BCUT2D eigenvalue weighted by Gasteiger charge is -2.09. The number of nitrogens with zero attached hydrogens (tertiary/aromatic N) is 3. The van der Waals surface area contributed by atoms with E-state index in [1.165, 1.54) is 13.1 Å². The molecule has 0 aliphatic carbocycles. The van der Waals surface area contributed by atoms with Gasteiger partial charge in [0.15, 0.2) is 11.2 Å². The molecule has 0 bridgehead atoms. The summed E-state index contributed by atoms with van der Waals surface area (Å²) in [7, 11) is 0. The molecule has 0 spiro atoms. The van der Waals surface area contributed by atoms with Crippen molar-refractivity contribution in [2.45, 2.75) is 26.3 Å². The van der Waals surface area contributed by atoms with E-state index < -0.39 is 17.5 Å². The van der Waals surface area contributed by atoms with Crippen molar-refractivity contribution >= 4 is 40.6 Å². The van der Waals surface area contributed by atoms with Gasteiger partial charge in [-0.2, -0.15) is 4.98 Å². The fraction of sp³-hybridized carbons (Fsp3) is 0.292. The van der Waals surface area contributed by atoms with Crippen LogP contribution in [-0.2, 0) is 25.6 Å². The number of benzene rings is 1. The van der Waals surface area contributed by atoms with Crippen molar-refractivity contribution in [2.24, 2.45) is 0 Å². The number of hydrogen-bond acceptors (Lipinski definition) is 11. The van der Waals surface area contributed by atoms with Crippen molar-refractivity contribution < 1.29 is 23.9 Å². The van der Waals surface area contributed by atoms with Gasteiger partial charge in [0.05, 0.1) is 18.4 Å². The van der Waals surface area contributed by atoms with Gasteiger partial charge in [0.2, 0.25) is 5.95 Å². The van der Waals surface area contributed by atoms with Crippen LogP contribution >= 0.6 is 0 Å². The lowest BCUT2D eigenvalue weighted by Crippen LogP contribution is -2.25. The molecule has 0 fully saturated rings. The van der Waals surface area contributed by atoms with Gasteiger partial charge in [-0.15, -0.1) is 0 Å². The molecule has 1 aromatic carbocycles. The fourth-order valence-electron chi connectivity index (χ4n) is 3.01. The standard InChI is InChI=1S/C24H27N7O6/c1-14(2)23(35)37-11-10-36-18(32)4-3-9-26-21(33)15-5-7-16(8-6-15)27-12-17-13-28-20-19(29-17)22(34)31-24(25)30-20/h5-8,13,27H,1,3-4,9-12H2,2H3,(H,26,33)(H3,25,28,30,31,34). The molecule has 1 amide bonds. The van der Waals surface area contributed by atoms with Gasteiger partial charge in [0, 0.05) is 29.8 Å². The van der Waals surface area contributed by atoms with Crippen LogP contribution in [0.1, 0.15) is 35.8 Å². The van der Waals surface area contributed by atoms with Crippen LogP contribution in [0.15, 0.2) is 47.4 Å². The maximum atomic E-state index is 12.3. The first kappa shape index (κ1) is 26.8. The zero-order valence-corrected chi connectivity index (χ0v) is 20.2. The Hall–Kier alpha value is -4.81. The van der Waals surface area contributed by atoms with Gasteiger partial charge in [-0.05, 0) is 37.6 Å². The van der Waals surface area contributed by atoms with Crippen LogP contribution in [0.2, 0.25) is 0 Å². The Morgan fingerprint density at radius 2 is 1.84 bits per heavy atom. The van der Waals surface area contributed by atoms with E-state index in [4.69, 9.17) is 15.2 Å². The van der Waals surface area contributed by atoms with Crippen LogP contribution < -0.4 is 21.9 Å². The third kappa shape index (κ3) is 8.13. The Morgan fingerprint density at radius 1 is 1.11 bits per heavy atom. The van der Waals surface area contributed by atoms with Crippen LogP contribution in [0.3, 0.4) is 0 Å². The summed E-state index contributed by atoms with van der Waals surface area (Å²) in [4.78, 5) is 61.9. The van der Waals surface area contributed by atoms with E-state index in [0.29, 0.717) is 30.8 Å². The van der Waals surface area contributed by atoms with Gasteiger partial charge in [0.25, 0.3) is 11.5 Å². The number of fused-ring (bicyclic) bond motifs is 1. The Bertz CT molecular complexity index is 1350. The normalized spacial score (nSPS) is 10.5. The number of aromatic amines is 1. The zero-order chi connectivity index (χ0) is 26.8. The van der Waals surface area contributed by atoms with Gasteiger partial charge in [-0.3, -0.25) is 19.4 Å². The lowest BCUT2D eigenvalue weighted by molar-refractivity contribution is -0.150. The molecule has 5 N–H and O–H groups in total. The number of amides is 1. The van der Waals surface area contributed by atoms with Gasteiger partial charge in [-0.1, -0.05) is 6.58 Å². The Labute approximate surface area is 211 Å². The number of H-pyrrole nitrogens is 1. The maximum Gasteiger partial charge on any atom is 0.333 e. The first-order valence-electron chi connectivity index (χ1n) is 11.3. The van der Waals surface area contributed by atoms with Crippen molar-refractivity contribution in [2.75, 3.05) is 30.8 Å². The fourth-order valence-corrected chi connectivity index (χ4v) is 3.01. The monoisotopic (exact) mass is 509 g/mol. The van der Waals surface area contributed by atoms with Crippen LogP contribution in [0.5, 0.6) is 0 Å². The van der Waals surface area contributed by atoms with Crippen molar-refractivity contribution in [3.8, 4) is 0 Å². The molecule has 0 saturated carbocycles. The van der Waals surface area contributed by atoms with Crippen LogP contribution in [0.4, 0.5) is 11.6 Å². The molecule has 194 valence electrons. The van der Waals surface area contributed by atoms with E-state index in [1.807, 2.05) is 0 Å². The number of hydrogen-bond donors (Lipinski definition) is 4. The molecule has 2 heterocycles. The minimum Gasteiger partial charge on any atom is -0.462 e. The van der Waals surface area contributed by atoms with E-state index >= 15 is 0 Å². The highest BCUT2D eigenvalue weighted by molar-refractivity contribution is 5.94. The molecule has 0 unspecified atom stereocenters. The number of esters is 2. The SMILES string of the molecule is C=C(C)C(=O)OCCOC(=O)CCCNC(=O)c1ccc(NCc2cnc3nc(N)[nH]c(=O)c3n2)cc1. The summed E-state index contributed by atoms with van der Waals surface area (Å²) in [6.07, 6.45) is 2.01. The smallest absolute Gasteiger partial charge is 0.333 e. The van der Waals surface area contributed by atoms with Crippen LogP contribution in [0.25, 0.3) is 11.2 Å². The highest BCUT2D eigenvalue weighted by atomic mass is 16.6. The molecule has 0 atom stereocenters. The molecular weight excluding hydrogens is 482 g/mol. The summed E-state index contributed by atoms with van der Waals surface area (Å²) in [6.45, 7) is 5.49. The molecule has 3 aromatic rings. The molecule has 3 rings (SSSR count). The summed E-state index contributed by atoms with van der Waals surface area (Å²) in [5.41, 5.74) is 7.28. The molecule has 13 heteroatoms. The highest BCUT2D eigenvalue weighted by Crippen LogP contribution is 2.11. The number of rotatable bonds is 12. The molecule has 37 heavy (non-hydrogen) atoms. The number of carbonyl (C=O) groups excluding carboxylic acids is 3. The van der Waals surface area contributed by atoms with Crippen molar-refractivity contribution in [1.82, 2.24) is 25.3 Å². The number of nitrogen functional groups attached to an aromatic ring is 1. The zero-order valence-electron chi connectivity index (χ0n) is 20.2. The van der Waals surface area contributed by atoms with Crippen LogP contribution in [0, 0.1) is 0 Å². The quantitative estimate of drug-likeness (QED) is 0.155. The summed E-state index contributed by atoms with van der Waals surface area (Å²) < 4.78 is 9.79. The van der Waals surface area contributed by atoms with E-state index in [9.17, 15) is 19.2 Å². The van der Waals surface area contributed by atoms with Gasteiger partial charge in [-0.25, -0.2) is 14.8 Å². The summed E-state index contributed by atoms with van der Waals surface area (Å²) >= 11 is 0. The van der Waals surface area contributed by atoms with Crippen molar-refractivity contribution in [3.63, 3.8) is 0 Å². The topological polar surface area (TPSA) is 191 Å². The number of aromatic nitrogens is 4. The van der Waals surface area contributed by atoms with Gasteiger partial charge >= 0.3 is 11.9 Å². The average molecular weight is 510 g/mol. The first-order chi connectivity index (χ1) is 17.7. The number of anilines is 2. The summed E-state index contributed by atoms with van der Waals surface area (Å²) in [5.74, 6) is -1.29.